The van der Waals surface area contributed by atoms with Crippen molar-refractivity contribution >= 4 is 16.7 Å². The number of aromatic nitrogens is 2. The summed E-state index contributed by atoms with van der Waals surface area (Å²) in [6.07, 6.45) is 2.67. The average Bonchev–Trinajstić information content (AvgIpc) is 2.64. The molecule has 0 unspecified atom stereocenters. The van der Waals surface area contributed by atoms with Crippen LogP contribution in [0.2, 0.25) is 0 Å². The van der Waals surface area contributed by atoms with Gasteiger partial charge >= 0.3 is 0 Å². The maximum Gasteiger partial charge on any atom is 0.274 e. The Labute approximate surface area is 154 Å². The minimum Gasteiger partial charge on any atom is -0.348 e. The SMILES string of the molecule is CCCn1nc(C(=O)NC2CCN(C(C)C)CC2)c2ccccc2c1=O. The van der Waals surface area contributed by atoms with Crippen LogP contribution in [0.25, 0.3) is 10.8 Å². The zero-order chi connectivity index (χ0) is 18.7. The highest BCUT2D eigenvalue weighted by Gasteiger charge is 2.24. The van der Waals surface area contributed by atoms with Crippen LogP contribution in [0.3, 0.4) is 0 Å². The number of benzene rings is 1. The van der Waals surface area contributed by atoms with Gasteiger partial charge in [-0.2, -0.15) is 5.10 Å². The first-order valence-electron chi connectivity index (χ1n) is 9.56. The second-order valence-corrected chi connectivity index (χ2v) is 7.30. The van der Waals surface area contributed by atoms with E-state index in [0.29, 0.717) is 29.1 Å². The lowest BCUT2D eigenvalue weighted by atomic mass is 10.0. The van der Waals surface area contributed by atoms with E-state index in [-0.39, 0.29) is 17.5 Å². The van der Waals surface area contributed by atoms with Gasteiger partial charge in [-0.25, -0.2) is 4.68 Å². The van der Waals surface area contributed by atoms with Gasteiger partial charge in [0.15, 0.2) is 5.69 Å². The fourth-order valence-electron chi connectivity index (χ4n) is 3.58. The Morgan fingerprint density at radius 3 is 2.50 bits per heavy atom. The molecule has 0 saturated carbocycles. The van der Waals surface area contributed by atoms with Gasteiger partial charge in [0.2, 0.25) is 0 Å². The quantitative estimate of drug-likeness (QED) is 0.893. The van der Waals surface area contributed by atoms with Crippen LogP contribution in [0.4, 0.5) is 0 Å². The number of likely N-dealkylation sites (tertiary alicyclic amines) is 1. The van der Waals surface area contributed by atoms with Crippen LogP contribution in [0.5, 0.6) is 0 Å². The topological polar surface area (TPSA) is 67.2 Å². The predicted molar refractivity (Wildman–Crippen MR) is 103 cm³/mol. The number of hydrogen-bond acceptors (Lipinski definition) is 4. The van der Waals surface area contributed by atoms with Gasteiger partial charge in [0.25, 0.3) is 11.5 Å². The summed E-state index contributed by atoms with van der Waals surface area (Å²) in [6, 6.07) is 7.92. The van der Waals surface area contributed by atoms with Crippen LogP contribution in [0.15, 0.2) is 29.1 Å². The molecule has 2 aromatic rings. The van der Waals surface area contributed by atoms with E-state index in [0.717, 1.165) is 32.4 Å². The van der Waals surface area contributed by atoms with Crippen LogP contribution in [0.1, 0.15) is 50.5 Å². The first-order chi connectivity index (χ1) is 12.5. The van der Waals surface area contributed by atoms with Gasteiger partial charge in [-0.05, 0) is 39.2 Å². The largest absolute Gasteiger partial charge is 0.348 e. The lowest BCUT2D eigenvalue weighted by molar-refractivity contribution is 0.0895. The van der Waals surface area contributed by atoms with Crippen LogP contribution in [0, 0.1) is 0 Å². The Hall–Kier alpha value is -2.21. The fourth-order valence-corrected chi connectivity index (χ4v) is 3.58. The van der Waals surface area contributed by atoms with E-state index in [1.165, 1.54) is 4.68 Å². The summed E-state index contributed by atoms with van der Waals surface area (Å²) in [5, 5.41) is 8.69. The number of amides is 1. The van der Waals surface area contributed by atoms with Gasteiger partial charge in [0.1, 0.15) is 0 Å². The molecule has 0 spiro atoms. The lowest BCUT2D eigenvalue weighted by Gasteiger charge is -2.34. The summed E-state index contributed by atoms with van der Waals surface area (Å²) >= 11 is 0. The van der Waals surface area contributed by atoms with Crippen LogP contribution in [-0.2, 0) is 6.54 Å². The monoisotopic (exact) mass is 356 g/mol. The Bertz CT molecular complexity index is 835. The molecule has 1 aliphatic rings. The summed E-state index contributed by atoms with van der Waals surface area (Å²) in [4.78, 5) is 27.9. The van der Waals surface area contributed by atoms with Gasteiger partial charge in [-0.3, -0.25) is 9.59 Å². The molecule has 0 aliphatic carbocycles. The highest BCUT2D eigenvalue weighted by atomic mass is 16.2. The normalized spacial score (nSPS) is 16.3. The van der Waals surface area contributed by atoms with E-state index in [9.17, 15) is 9.59 Å². The summed E-state index contributed by atoms with van der Waals surface area (Å²) in [5.74, 6) is -0.186. The number of nitrogens with one attached hydrogen (secondary N) is 1. The number of nitrogens with zero attached hydrogens (tertiary/aromatic N) is 3. The van der Waals surface area contributed by atoms with Crippen molar-refractivity contribution in [3.05, 3.63) is 40.3 Å². The molecule has 1 fully saturated rings. The molecule has 3 rings (SSSR count). The number of piperidine rings is 1. The predicted octanol–water partition coefficient (Wildman–Crippen LogP) is 2.41. The molecule has 26 heavy (non-hydrogen) atoms. The smallest absolute Gasteiger partial charge is 0.274 e. The third-order valence-electron chi connectivity index (χ3n) is 5.11. The highest BCUT2D eigenvalue weighted by Crippen LogP contribution is 2.16. The molecule has 6 nitrogen and oxygen atoms in total. The number of carbonyl (C=O) groups is 1. The Morgan fingerprint density at radius 2 is 1.88 bits per heavy atom. The van der Waals surface area contributed by atoms with Crippen molar-refractivity contribution < 1.29 is 4.79 Å². The van der Waals surface area contributed by atoms with Crippen molar-refractivity contribution in [1.29, 1.82) is 0 Å². The second kappa shape index (κ2) is 7.99. The van der Waals surface area contributed by atoms with E-state index >= 15 is 0 Å². The van der Waals surface area contributed by atoms with E-state index in [4.69, 9.17) is 0 Å². The fraction of sp³-hybridized carbons (Fsp3) is 0.550. The van der Waals surface area contributed by atoms with E-state index in [1.807, 2.05) is 19.1 Å². The van der Waals surface area contributed by atoms with Gasteiger partial charge in [0, 0.05) is 37.1 Å². The summed E-state index contributed by atoms with van der Waals surface area (Å²) in [5.41, 5.74) is 0.212. The molecule has 1 aromatic carbocycles. The zero-order valence-corrected chi connectivity index (χ0v) is 15.9. The van der Waals surface area contributed by atoms with E-state index < -0.39 is 0 Å². The molecule has 1 N–H and O–H groups in total. The molecule has 0 bridgehead atoms. The minimum atomic E-state index is -0.186. The zero-order valence-electron chi connectivity index (χ0n) is 15.9. The minimum absolute atomic E-state index is 0.135. The summed E-state index contributed by atoms with van der Waals surface area (Å²) in [6.45, 7) is 8.89. The average molecular weight is 356 g/mol. The number of carbonyl (C=O) groups excluding carboxylic acids is 1. The second-order valence-electron chi connectivity index (χ2n) is 7.30. The Kier molecular flexibility index (Phi) is 5.71. The first kappa shape index (κ1) is 18.6. The Morgan fingerprint density at radius 1 is 1.23 bits per heavy atom. The van der Waals surface area contributed by atoms with Crippen molar-refractivity contribution in [2.45, 2.75) is 58.7 Å². The van der Waals surface area contributed by atoms with Gasteiger partial charge < -0.3 is 10.2 Å². The van der Waals surface area contributed by atoms with E-state index in [2.05, 4.69) is 29.2 Å². The molecule has 2 heterocycles. The summed E-state index contributed by atoms with van der Waals surface area (Å²) < 4.78 is 1.42. The third-order valence-corrected chi connectivity index (χ3v) is 5.11. The maximum atomic E-state index is 12.9. The van der Waals surface area contributed by atoms with Crippen LogP contribution < -0.4 is 10.9 Å². The molecule has 0 radical (unpaired) electrons. The molecule has 1 saturated heterocycles. The van der Waals surface area contributed by atoms with E-state index in [1.54, 1.807) is 12.1 Å². The molecule has 1 aliphatic heterocycles. The molecular weight excluding hydrogens is 328 g/mol. The number of aryl methyl sites for hydroxylation is 1. The van der Waals surface area contributed by atoms with Crippen molar-refractivity contribution in [1.82, 2.24) is 20.0 Å². The number of hydrogen-bond donors (Lipinski definition) is 1. The molecule has 1 aromatic heterocycles. The van der Waals surface area contributed by atoms with Gasteiger partial charge in [-0.1, -0.05) is 25.1 Å². The van der Waals surface area contributed by atoms with Crippen molar-refractivity contribution in [2.24, 2.45) is 0 Å². The standard InChI is InChI=1S/C20H28N4O2/c1-4-11-24-20(26)17-8-6-5-7-16(17)18(22-24)19(25)21-15-9-12-23(13-10-15)14(2)3/h5-8,14-15H,4,9-13H2,1-3H3,(H,21,25). The van der Waals surface area contributed by atoms with Crippen molar-refractivity contribution in [3.8, 4) is 0 Å². The summed E-state index contributed by atoms with van der Waals surface area (Å²) in [7, 11) is 0. The van der Waals surface area contributed by atoms with Crippen molar-refractivity contribution in [3.63, 3.8) is 0 Å². The van der Waals surface area contributed by atoms with Gasteiger partial charge in [0.05, 0.1) is 5.39 Å². The molecular formula is C20H28N4O2. The molecule has 1 amide bonds. The molecule has 140 valence electrons. The highest BCUT2D eigenvalue weighted by molar-refractivity contribution is 6.04. The van der Waals surface area contributed by atoms with Crippen LogP contribution >= 0.6 is 0 Å². The Balaban J connectivity index is 1.84. The third kappa shape index (κ3) is 3.80. The van der Waals surface area contributed by atoms with Gasteiger partial charge in [-0.15, -0.1) is 0 Å². The van der Waals surface area contributed by atoms with Crippen LogP contribution in [-0.4, -0.2) is 45.8 Å². The molecule has 6 heteroatoms. The van der Waals surface area contributed by atoms with Crippen molar-refractivity contribution in [2.75, 3.05) is 13.1 Å². The lowest BCUT2D eigenvalue weighted by Crippen LogP contribution is -2.47. The maximum absolute atomic E-state index is 12.9. The molecule has 0 atom stereocenters. The number of rotatable bonds is 5. The first-order valence-corrected chi connectivity index (χ1v) is 9.56. The number of fused-ring (bicyclic) bond motifs is 1.